The van der Waals surface area contributed by atoms with Crippen molar-refractivity contribution < 1.29 is 26.4 Å². The van der Waals surface area contributed by atoms with Crippen LogP contribution in [0.25, 0.3) is 0 Å². The quantitative estimate of drug-likeness (QED) is 0.186. The van der Waals surface area contributed by atoms with Crippen molar-refractivity contribution in [2.45, 2.75) is 128 Å². The van der Waals surface area contributed by atoms with E-state index in [2.05, 4.69) is 75.0 Å². The lowest BCUT2D eigenvalue weighted by Crippen LogP contribution is -2.43. The SMILES string of the molecule is CN(C)C1CCN(CCCS(=O)(=O)NC(=O)Nc2c3c(cc4c2CCC4)CCC3)CC1.CN(C)C1CCN(CCCS(N)(=O)=O)CC1.O=C=Nc1c2c(cc3c1CCC3)CCC2. The van der Waals surface area contributed by atoms with Crippen molar-refractivity contribution in [3.63, 3.8) is 0 Å². The van der Waals surface area contributed by atoms with E-state index in [9.17, 15) is 26.4 Å². The molecule has 2 aliphatic heterocycles. The van der Waals surface area contributed by atoms with Crippen molar-refractivity contribution in [1.82, 2.24) is 24.3 Å². The fraction of sp³-hybridized carbons (Fsp3) is 0.696. The van der Waals surface area contributed by atoms with E-state index in [0.717, 1.165) is 128 Å². The molecule has 62 heavy (non-hydrogen) atoms. The second kappa shape index (κ2) is 22.1. The van der Waals surface area contributed by atoms with Crippen molar-refractivity contribution >= 4 is 43.5 Å². The number of nitrogens with two attached hydrogens (primary N) is 1. The molecule has 0 atom stereocenters. The Balaban J connectivity index is 0.000000173. The second-order valence-corrected chi connectivity index (χ2v) is 22.2. The molecule has 16 heteroatoms. The third-order valence-electron chi connectivity index (χ3n) is 13.9. The molecule has 0 bridgehead atoms. The van der Waals surface area contributed by atoms with Gasteiger partial charge in [-0.2, -0.15) is 4.99 Å². The minimum absolute atomic E-state index is 0.0287. The number of urea groups is 1. The lowest BCUT2D eigenvalue weighted by molar-refractivity contribution is 0.145. The molecule has 6 aliphatic rings. The van der Waals surface area contributed by atoms with Gasteiger partial charge in [-0.05, 0) is 228 Å². The average Bonchev–Trinajstić information content (AvgIpc) is 4.06. The largest absolute Gasteiger partial charge is 0.332 e. The van der Waals surface area contributed by atoms with Gasteiger partial charge in [0.25, 0.3) is 0 Å². The minimum Gasteiger partial charge on any atom is -0.307 e. The number of fused-ring (bicyclic) bond motifs is 4. The number of likely N-dealkylation sites (tertiary alicyclic amines) is 2. The summed E-state index contributed by atoms with van der Waals surface area (Å²) in [5, 5.41) is 7.87. The van der Waals surface area contributed by atoms with Crippen molar-refractivity contribution in [2.24, 2.45) is 10.1 Å². The number of aryl methyl sites for hydroxylation is 4. The summed E-state index contributed by atoms with van der Waals surface area (Å²) in [6, 6.07) is 5.31. The summed E-state index contributed by atoms with van der Waals surface area (Å²) < 4.78 is 48.7. The van der Waals surface area contributed by atoms with E-state index in [1.54, 1.807) is 6.08 Å². The van der Waals surface area contributed by atoms with Gasteiger partial charge in [-0.25, -0.2) is 36.3 Å². The number of nitrogens with one attached hydrogen (secondary N) is 2. The molecule has 0 radical (unpaired) electrons. The van der Waals surface area contributed by atoms with Gasteiger partial charge in [0.05, 0.1) is 17.2 Å². The Morgan fingerprint density at radius 2 is 1.08 bits per heavy atom. The topological polar surface area (TPSA) is 178 Å². The number of carbonyl (C=O) groups excluding carboxylic acids is 2. The van der Waals surface area contributed by atoms with E-state index in [1.165, 1.54) is 70.2 Å². The van der Waals surface area contributed by atoms with Crippen LogP contribution in [-0.4, -0.2) is 140 Å². The number of piperidine rings is 2. The van der Waals surface area contributed by atoms with Gasteiger partial charge in [-0.1, -0.05) is 12.1 Å². The Morgan fingerprint density at radius 1 is 0.677 bits per heavy atom. The molecule has 344 valence electrons. The maximum Gasteiger partial charge on any atom is 0.332 e. The normalized spacial score (nSPS) is 19.1. The lowest BCUT2D eigenvalue weighted by atomic mass is 9.99. The fourth-order valence-corrected chi connectivity index (χ4v) is 12.0. The molecule has 2 heterocycles. The van der Waals surface area contributed by atoms with Crippen LogP contribution in [0.5, 0.6) is 0 Å². The standard InChI is InChI=1S/C23H36N4O3S.C13H13NO.C10H23N3O2S/c1-26(2)19-10-13-27(14-11-19)12-5-15-31(29,30)25-23(28)24-22-20-8-3-6-17(20)16-18-7-4-9-21(18)22;15-8-14-13-11-5-1-3-9(11)7-10-4-2-6-12(10)13;1-12(2)10-4-7-13(8-5-10)6-3-9-16(11,14)15/h16,19H,3-15H2,1-2H3,(H2,24,25,28);7H,1-6H2;10H,3-9H2,1-2H3,(H2,11,14,15). The summed E-state index contributed by atoms with van der Waals surface area (Å²) in [5.74, 6) is 0.0691. The summed E-state index contributed by atoms with van der Waals surface area (Å²) in [7, 11) is 1.52. The van der Waals surface area contributed by atoms with Crippen molar-refractivity contribution in [3.8, 4) is 0 Å². The molecule has 0 saturated carbocycles. The van der Waals surface area contributed by atoms with Crippen LogP contribution < -0.4 is 15.2 Å². The maximum absolute atomic E-state index is 12.6. The van der Waals surface area contributed by atoms with Gasteiger partial charge in [0.1, 0.15) is 0 Å². The summed E-state index contributed by atoms with van der Waals surface area (Å²) in [6.07, 6.45) is 20.6. The second-order valence-electron chi connectivity index (χ2n) is 18.7. The van der Waals surface area contributed by atoms with Crippen LogP contribution in [0.3, 0.4) is 0 Å². The van der Waals surface area contributed by atoms with Gasteiger partial charge in [-0.3, -0.25) is 0 Å². The highest BCUT2D eigenvalue weighted by Gasteiger charge is 2.28. The number of hydrogen-bond donors (Lipinski definition) is 3. The molecule has 0 aromatic heterocycles. The molecule has 2 aromatic carbocycles. The summed E-state index contributed by atoms with van der Waals surface area (Å²) >= 11 is 0. The fourth-order valence-electron chi connectivity index (χ4n) is 10.6. The molecule has 14 nitrogen and oxygen atoms in total. The van der Waals surface area contributed by atoms with Crippen molar-refractivity contribution in [3.05, 3.63) is 56.6 Å². The van der Waals surface area contributed by atoms with Crippen molar-refractivity contribution in [2.75, 3.05) is 84.3 Å². The zero-order valence-electron chi connectivity index (χ0n) is 37.8. The first-order valence-corrected chi connectivity index (χ1v) is 26.5. The number of hydrogen-bond acceptors (Lipinski definition) is 11. The van der Waals surface area contributed by atoms with Crippen LogP contribution in [-0.2, 0) is 76.2 Å². The van der Waals surface area contributed by atoms with Gasteiger partial charge >= 0.3 is 6.03 Å². The highest BCUT2D eigenvalue weighted by atomic mass is 32.2. The average molecular weight is 897 g/mol. The van der Waals surface area contributed by atoms with Gasteiger partial charge in [0, 0.05) is 17.8 Å². The van der Waals surface area contributed by atoms with Gasteiger partial charge in [0.15, 0.2) is 0 Å². The monoisotopic (exact) mass is 897 g/mol. The molecule has 2 aromatic rings. The highest BCUT2D eigenvalue weighted by Crippen LogP contribution is 2.40. The molecule has 8 rings (SSSR count). The van der Waals surface area contributed by atoms with Gasteiger partial charge in [-0.15, -0.1) is 0 Å². The molecule has 0 spiro atoms. The van der Waals surface area contributed by atoms with E-state index in [4.69, 9.17) is 5.14 Å². The van der Waals surface area contributed by atoms with Crippen LogP contribution in [0.15, 0.2) is 17.1 Å². The van der Waals surface area contributed by atoms with Gasteiger partial charge in [0.2, 0.25) is 26.1 Å². The molecule has 2 saturated heterocycles. The maximum atomic E-state index is 12.6. The molecular weight excluding hydrogens is 825 g/mol. The zero-order valence-corrected chi connectivity index (χ0v) is 39.4. The Labute approximate surface area is 371 Å². The van der Waals surface area contributed by atoms with E-state index in [-0.39, 0.29) is 11.5 Å². The van der Waals surface area contributed by atoms with Crippen LogP contribution in [0, 0.1) is 0 Å². The molecule has 2 amide bonds. The Bertz CT molecular complexity index is 2070. The summed E-state index contributed by atoms with van der Waals surface area (Å²) in [6.45, 7) is 5.72. The van der Waals surface area contributed by atoms with Crippen LogP contribution in [0.1, 0.15) is 109 Å². The first-order valence-electron chi connectivity index (χ1n) is 23.1. The molecule has 2 fully saturated rings. The van der Waals surface area contributed by atoms with E-state index in [1.807, 2.05) is 0 Å². The number of isocyanates is 1. The summed E-state index contributed by atoms with van der Waals surface area (Å²) in [4.78, 5) is 36.2. The molecule has 4 N–H and O–H groups in total. The van der Waals surface area contributed by atoms with E-state index < -0.39 is 26.1 Å². The first-order chi connectivity index (χ1) is 29.6. The Hall–Kier alpha value is -3.21. The third-order valence-corrected chi connectivity index (χ3v) is 16.1. The number of nitrogens with zero attached hydrogens (tertiary/aromatic N) is 5. The smallest absolute Gasteiger partial charge is 0.307 e. The molecule has 0 unspecified atom stereocenters. The number of rotatable bonds is 13. The van der Waals surface area contributed by atoms with Gasteiger partial charge < -0.3 is 24.9 Å². The molecular formula is C46H72N8O6S2. The van der Waals surface area contributed by atoms with Crippen LogP contribution in [0.2, 0.25) is 0 Å². The predicted molar refractivity (Wildman–Crippen MR) is 248 cm³/mol. The number of amides is 2. The lowest BCUT2D eigenvalue weighted by Gasteiger charge is -2.35. The van der Waals surface area contributed by atoms with Crippen LogP contribution >= 0.6 is 0 Å². The molecule has 4 aliphatic carbocycles. The number of sulfonamides is 2. The third kappa shape index (κ3) is 13.4. The minimum atomic E-state index is -3.65. The number of carbonyl (C=O) groups is 1. The van der Waals surface area contributed by atoms with Crippen LogP contribution in [0.4, 0.5) is 16.2 Å². The number of primary sulfonamides is 1. The number of anilines is 1. The highest BCUT2D eigenvalue weighted by molar-refractivity contribution is 7.90. The van der Waals surface area contributed by atoms with E-state index in [0.29, 0.717) is 24.9 Å². The predicted octanol–water partition coefficient (Wildman–Crippen LogP) is 4.85. The zero-order chi connectivity index (χ0) is 44.4. The number of benzene rings is 2. The Morgan fingerprint density at radius 3 is 1.48 bits per heavy atom. The first kappa shape index (κ1) is 48.3. The van der Waals surface area contributed by atoms with E-state index >= 15 is 0 Å². The van der Waals surface area contributed by atoms with Crippen molar-refractivity contribution in [1.29, 1.82) is 0 Å². The summed E-state index contributed by atoms with van der Waals surface area (Å²) in [5.41, 5.74) is 12.4. The Kier molecular flexibility index (Phi) is 17.2. The number of aliphatic imine (C=N–C) groups is 1.